The summed E-state index contributed by atoms with van der Waals surface area (Å²) in [5.41, 5.74) is 2.24. The number of carbonyl (C=O) groups excluding carboxylic acids is 1. The second kappa shape index (κ2) is 7.54. The smallest absolute Gasteiger partial charge is 0.272 e. The molecule has 0 spiro atoms. The first-order valence-corrected chi connectivity index (χ1v) is 7.37. The van der Waals surface area contributed by atoms with Gasteiger partial charge in [0, 0.05) is 19.6 Å². The minimum Gasteiger partial charge on any atom is -0.380 e. The molecule has 1 heterocycles. The first-order valence-electron chi connectivity index (χ1n) is 7.37. The lowest BCUT2D eigenvalue weighted by Crippen LogP contribution is -2.31. The monoisotopic (exact) mass is 301 g/mol. The quantitative estimate of drug-likeness (QED) is 0.890. The molecule has 0 fully saturated rings. The molecule has 0 saturated heterocycles. The van der Waals surface area contributed by atoms with E-state index in [-0.39, 0.29) is 11.7 Å². The van der Waals surface area contributed by atoms with Gasteiger partial charge < -0.3 is 10.2 Å². The summed E-state index contributed by atoms with van der Waals surface area (Å²) < 4.78 is 12.8. The van der Waals surface area contributed by atoms with Crippen LogP contribution in [0.15, 0.2) is 42.6 Å². The molecule has 0 saturated carbocycles. The Morgan fingerprint density at radius 2 is 1.82 bits per heavy atom. The highest BCUT2D eigenvalue weighted by Crippen LogP contribution is 2.11. The van der Waals surface area contributed by atoms with Crippen LogP contribution in [-0.2, 0) is 6.54 Å². The summed E-state index contributed by atoms with van der Waals surface area (Å²) in [6.07, 6.45) is 1.64. The lowest BCUT2D eigenvalue weighted by molar-refractivity contribution is 0.0767. The highest BCUT2D eigenvalue weighted by Gasteiger charge is 2.13. The van der Waals surface area contributed by atoms with Crippen molar-refractivity contribution in [3.8, 4) is 0 Å². The summed E-state index contributed by atoms with van der Waals surface area (Å²) in [4.78, 5) is 18.1. The van der Waals surface area contributed by atoms with E-state index in [4.69, 9.17) is 0 Å². The molecule has 116 valence electrons. The fourth-order valence-corrected chi connectivity index (χ4v) is 2.10. The zero-order chi connectivity index (χ0) is 15.9. The van der Waals surface area contributed by atoms with Gasteiger partial charge in [-0.25, -0.2) is 9.37 Å². The van der Waals surface area contributed by atoms with Crippen LogP contribution in [0.3, 0.4) is 0 Å². The van der Waals surface area contributed by atoms with Gasteiger partial charge in [-0.1, -0.05) is 12.1 Å². The Morgan fingerprint density at radius 3 is 2.36 bits per heavy atom. The largest absolute Gasteiger partial charge is 0.380 e. The highest BCUT2D eigenvalue weighted by atomic mass is 19.1. The minimum absolute atomic E-state index is 0.0601. The van der Waals surface area contributed by atoms with E-state index >= 15 is 0 Å². The average molecular weight is 301 g/mol. The molecule has 2 aromatic rings. The maximum Gasteiger partial charge on any atom is 0.272 e. The van der Waals surface area contributed by atoms with E-state index < -0.39 is 0 Å². The van der Waals surface area contributed by atoms with Crippen molar-refractivity contribution < 1.29 is 9.18 Å². The molecule has 0 aliphatic rings. The molecule has 1 aromatic heterocycles. The zero-order valence-corrected chi connectivity index (χ0v) is 12.8. The summed E-state index contributed by atoms with van der Waals surface area (Å²) in [5, 5.41) is 3.19. The molecule has 4 nitrogen and oxygen atoms in total. The number of hydrogen-bond donors (Lipinski definition) is 1. The Balaban J connectivity index is 1.97. The van der Waals surface area contributed by atoms with Crippen LogP contribution in [0.2, 0.25) is 0 Å². The minimum atomic E-state index is -0.246. The van der Waals surface area contributed by atoms with Gasteiger partial charge >= 0.3 is 0 Å². The number of anilines is 1. The molecule has 0 aliphatic heterocycles. The third-order valence-corrected chi connectivity index (χ3v) is 3.44. The Labute approximate surface area is 130 Å². The van der Waals surface area contributed by atoms with Crippen LogP contribution in [0.5, 0.6) is 0 Å². The lowest BCUT2D eigenvalue weighted by atomic mass is 10.2. The van der Waals surface area contributed by atoms with Gasteiger partial charge in [-0.05, 0) is 43.7 Å². The van der Waals surface area contributed by atoms with E-state index in [1.165, 1.54) is 12.1 Å². The maximum atomic E-state index is 12.8. The number of rotatable bonds is 6. The second-order valence-corrected chi connectivity index (χ2v) is 4.89. The number of carbonyl (C=O) groups is 1. The van der Waals surface area contributed by atoms with Crippen molar-refractivity contribution in [2.75, 3.05) is 18.4 Å². The summed E-state index contributed by atoms with van der Waals surface area (Å²) in [5.74, 6) is -0.306. The van der Waals surface area contributed by atoms with E-state index in [0.29, 0.717) is 25.3 Å². The molecule has 1 amide bonds. The van der Waals surface area contributed by atoms with Crippen molar-refractivity contribution in [1.82, 2.24) is 9.88 Å². The summed E-state index contributed by atoms with van der Waals surface area (Å²) in [6.45, 7) is 5.80. The zero-order valence-electron chi connectivity index (χ0n) is 12.8. The molecule has 0 atom stereocenters. The van der Waals surface area contributed by atoms with Crippen LogP contribution in [-0.4, -0.2) is 28.9 Å². The van der Waals surface area contributed by atoms with Gasteiger partial charge in [0.25, 0.3) is 5.91 Å². The van der Waals surface area contributed by atoms with Crippen molar-refractivity contribution in [2.24, 2.45) is 0 Å². The summed E-state index contributed by atoms with van der Waals surface area (Å²) in [7, 11) is 0. The molecule has 0 radical (unpaired) electrons. The predicted molar refractivity (Wildman–Crippen MR) is 85.2 cm³/mol. The van der Waals surface area contributed by atoms with Crippen LogP contribution in [0, 0.1) is 5.82 Å². The number of benzene rings is 1. The Kier molecular flexibility index (Phi) is 5.47. The SMILES string of the molecule is CCN(CC)C(=O)c1ccc(NCc2ccc(F)cc2)cn1. The topological polar surface area (TPSA) is 45.2 Å². The molecule has 1 aromatic carbocycles. The van der Waals surface area contributed by atoms with Gasteiger partial charge in [0.15, 0.2) is 0 Å². The normalized spacial score (nSPS) is 10.3. The van der Waals surface area contributed by atoms with Gasteiger partial charge in [-0.15, -0.1) is 0 Å². The highest BCUT2D eigenvalue weighted by molar-refractivity contribution is 5.92. The van der Waals surface area contributed by atoms with Crippen LogP contribution < -0.4 is 5.32 Å². The first kappa shape index (κ1) is 15.9. The van der Waals surface area contributed by atoms with Gasteiger partial charge in [-0.3, -0.25) is 4.79 Å². The lowest BCUT2D eigenvalue weighted by Gasteiger charge is -2.18. The second-order valence-electron chi connectivity index (χ2n) is 4.89. The van der Waals surface area contributed by atoms with Crippen LogP contribution in [0.1, 0.15) is 29.9 Å². The van der Waals surface area contributed by atoms with E-state index in [1.54, 1.807) is 29.3 Å². The molecular weight excluding hydrogens is 281 g/mol. The Morgan fingerprint density at radius 1 is 1.14 bits per heavy atom. The van der Waals surface area contributed by atoms with Crippen LogP contribution >= 0.6 is 0 Å². The molecule has 0 unspecified atom stereocenters. The number of nitrogens with one attached hydrogen (secondary N) is 1. The number of pyridine rings is 1. The number of amides is 1. The van der Waals surface area contributed by atoms with E-state index in [0.717, 1.165) is 11.3 Å². The number of nitrogens with zero attached hydrogens (tertiary/aromatic N) is 2. The molecule has 0 aliphatic carbocycles. The third kappa shape index (κ3) is 4.04. The molecule has 0 bridgehead atoms. The molecule has 1 N–H and O–H groups in total. The number of halogens is 1. The van der Waals surface area contributed by atoms with Gasteiger partial charge in [0.05, 0.1) is 11.9 Å². The first-order chi connectivity index (χ1) is 10.6. The number of aromatic nitrogens is 1. The molecule has 22 heavy (non-hydrogen) atoms. The van der Waals surface area contributed by atoms with Crippen LogP contribution in [0.4, 0.5) is 10.1 Å². The molecular formula is C17H20FN3O. The van der Waals surface area contributed by atoms with Crippen molar-refractivity contribution >= 4 is 11.6 Å². The number of hydrogen-bond acceptors (Lipinski definition) is 3. The fraction of sp³-hybridized carbons (Fsp3) is 0.294. The summed E-state index contributed by atoms with van der Waals surface area (Å²) in [6, 6.07) is 9.87. The van der Waals surface area contributed by atoms with Gasteiger partial charge in [0.2, 0.25) is 0 Å². The van der Waals surface area contributed by atoms with Gasteiger partial charge in [-0.2, -0.15) is 0 Å². The average Bonchev–Trinajstić information content (AvgIpc) is 2.56. The summed E-state index contributed by atoms with van der Waals surface area (Å²) >= 11 is 0. The molecule has 5 heteroatoms. The van der Waals surface area contributed by atoms with Crippen molar-refractivity contribution in [3.63, 3.8) is 0 Å². The van der Waals surface area contributed by atoms with E-state index in [1.807, 2.05) is 19.9 Å². The van der Waals surface area contributed by atoms with Crippen molar-refractivity contribution in [1.29, 1.82) is 0 Å². The predicted octanol–water partition coefficient (Wildman–Crippen LogP) is 3.31. The maximum absolute atomic E-state index is 12.8. The standard InChI is InChI=1S/C17H20FN3O/c1-3-21(4-2)17(22)16-10-9-15(12-20-16)19-11-13-5-7-14(18)8-6-13/h5-10,12,19H,3-4,11H2,1-2H3. The Bertz CT molecular complexity index is 607. The fourth-order valence-electron chi connectivity index (χ4n) is 2.10. The van der Waals surface area contributed by atoms with Crippen molar-refractivity contribution in [3.05, 3.63) is 59.7 Å². The molecule has 2 rings (SSSR count). The van der Waals surface area contributed by atoms with E-state index in [2.05, 4.69) is 10.3 Å². The van der Waals surface area contributed by atoms with Gasteiger partial charge in [0.1, 0.15) is 11.5 Å². The van der Waals surface area contributed by atoms with Crippen molar-refractivity contribution in [2.45, 2.75) is 20.4 Å². The third-order valence-electron chi connectivity index (χ3n) is 3.44. The van der Waals surface area contributed by atoms with E-state index in [9.17, 15) is 9.18 Å². The Hall–Kier alpha value is -2.43. The van der Waals surface area contributed by atoms with Crippen LogP contribution in [0.25, 0.3) is 0 Å².